The third kappa shape index (κ3) is 6.35. The third-order valence-corrected chi connectivity index (χ3v) is 7.39. The van der Waals surface area contributed by atoms with Gasteiger partial charge in [0.05, 0.1) is 22.9 Å². The summed E-state index contributed by atoms with van der Waals surface area (Å²) in [5, 5.41) is 7.05. The van der Waals surface area contributed by atoms with Crippen molar-refractivity contribution >= 4 is 57.2 Å². The molecular formula is C25H31ClN8O2S. The highest BCUT2D eigenvalue weighted by Gasteiger charge is 2.27. The fraction of sp³-hybridized carbons (Fsp3) is 0.400. The normalized spacial score (nSPS) is 14.6. The first-order chi connectivity index (χ1) is 17.6. The predicted octanol–water partition coefficient (Wildman–Crippen LogP) is 3.83. The number of aryl methyl sites for hydroxylation is 2. The lowest BCUT2D eigenvalue weighted by Crippen LogP contribution is -2.54. The molecule has 1 atom stereocenters. The van der Waals surface area contributed by atoms with Crippen LogP contribution in [0.25, 0.3) is 0 Å². The summed E-state index contributed by atoms with van der Waals surface area (Å²) >= 11 is 7.45. The average Bonchev–Trinajstić information content (AvgIpc) is 3.33. The summed E-state index contributed by atoms with van der Waals surface area (Å²) in [6.07, 6.45) is 1.52. The minimum Gasteiger partial charge on any atom is -0.353 e. The molecule has 3 aromatic rings. The Labute approximate surface area is 225 Å². The van der Waals surface area contributed by atoms with Crippen LogP contribution in [0.4, 0.5) is 22.5 Å². The molecule has 196 valence electrons. The molecule has 2 amide bonds. The number of piperazine rings is 1. The van der Waals surface area contributed by atoms with E-state index < -0.39 is 6.04 Å². The van der Waals surface area contributed by atoms with Gasteiger partial charge in [-0.15, -0.1) is 0 Å². The maximum atomic E-state index is 12.8. The highest BCUT2D eigenvalue weighted by Crippen LogP contribution is 2.28. The number of anilines is 4. The number of amides is 2. The molecular weight excluding hydrogens is 512 g/mol. The van der Waals surface area contributed by atoms with E-state index in [1.54, 1.807) is 6.07 Å². The van der Waals surface area contributed by atoms with Crippen LogP contribution in [-0.2, 0) is 4.79 Å². The summed E-state index contributed by atoms with van der Waals surface area (Å²) in [6, 6.07) is 6.81. The van der Waals surface area contributed by atoms with Crippen molar-refractivity contribution in [2.75, 3.05) is 41.7 Å². The summed E-state index contributed by atoms with van der Waals surface area (Å²) in [7, 11) is 0. The van der Waals surface area contributed by atoms with Gasteiger partial charge in [0.25, 0.3) is 5.91 Å². The Morgan fingerprint density at radius 3 is 2.54 bits per heavy atom. The summed E-state index contributed by atoms with van der Waals surface area (Å²) in [4.78, 5) is 43.1. The maximum absolute atomic E-state index is 12.8. The number of carbonyl (C=O) groups is 2. The molecule has 0 bridgehead atoms. The molecule has 1 saturated heterocycles. The summed E-state index contributed by atoms with van der Waals surface area (Å²) < 4.78 is 0. The van der Waals surface area contributed by atoms with Crippen molar-refractivity contribution in [1.82, 2.24) is 19.9 Å². The van der Waals surface area contributed by atoms with Crippen molar-refractivity contribution in [2.45, 2.75) is 33.7 Å². The van der Waals surface area contributed by atoms with Gasteiger partial charge >= 0.3 is 0 Å². The van der Waals surface area contributed by atoms with Crippen LogP contribution in [0, 0.1) is 19.8 Å². The number of aromatic nitrogens is 3. The fourth-order valence-electron chi connectivity index (χ4n) is 3.94. The lowest BCUT2D eigenvalue weighted by Gasteiger charge is -2.37. The SMILES string of the molecule is Cc1nc(Nc2ncc(C(=O)Nc3c(C)cccc3Cl)s2)cc(N2CCN(C(=O)C(N)C(C)C)CC2)n1. The molecule has 1 unspecified atom stereocenters. The van der Waals surface area contributed by atoms with Crippen LogP contribution in [0.2, 0.25) is 5.02 Å². The largest absolute Gasteiger partial charge is 0.353 e. The quantitative estimate of drug-likeness (QED) is 0.411. The first-order valence-electron chi connectivity index (χ1n) is 12.1. The van der Waals surface area contributed by atoms with Crippen molar-refractivity contribution < 1.29 is 9.59 Å². The van der Waals surface area contributed by atoms with Crippen molar-refractivity contribution in [3.63, 3.8) is 0 Å². The van der Waals surface area contributed by atoms with Gasteiger partial charge in [0.1, 0.15) is 22.3 Å². The molecule has 0 saturated carbocycles. The zero-order chi connectivity index (χ0) is 26.7. The third-order valence-electron chi connectivity index (χ3n) is 6.17. The highest BCUT2D eigenvalue weighted by atomic mass is 35.5. The van der Waals surface area contributed by atoms with E-state index in [-0.39, 0.29) is 17.7 Å². The molecule has 1 fully saturated rings. The van der Waals surface area contributed by atoms with Crippen LogP contribution in [0.1, 0.15) is 34.9 Å². The molecule has 1 aliphatic heterocycles. The minimum absolute atomic E-state index is 0.0100. The zero-order valence-electron chi connectivity index (χ0n) is 21.3. The van der Waals surface area contributed by atoms with Gasteiger partial charge in [0, 0.05) is 32.2 Å². The second-order valence-electron chi connectivity index (χ2n) is 9.28. The number of nitrogens with two attached hydrogens (primary N) is 1. The molecule has 0 aliphatic carbocycles. The van der Waals surface area contributed by atoms with Gasteiger partial charge < -0.3 is 26.2 Å². The van der Waals surface area contributed by atoms with Gasteiger partial charge in [0.2, 0.25) is 5.91 Å². The molecule has 4 N–H and O–H groups in total. The smallest absolute Gasteiger partial charge is 0.267 e. The molecule has 1 aromatic carbocycles. The monoisotopic (exact) mass is 542 g/mol. The van der Waals surface area contributed by atoms with Gasteiger partial charge in [-0.25, -0.2) is 15.0 Å². The van der Waals surface area contributed by atoms with E-state index >= 15 is 0 Å². The van der Waals surface area contributed by atoms with Crippen molar-refractivity contribution in [3.8, 4) is 0 Å². The van der Waals surface area contributed by atoms with Gasteiger partial charge in [0.15, 0.2) is 5.13 Å². The molecule has 0 spiro atoms. The van der Waals surface area contributed by atoms with Gasteiger partial charge in [-0.3, -0.25) is 9.59 Å². The Morgan fingerprint density at radius 1 is 1.14 bits per heavy atom. The number of hydrogen-bond donors (Lipinski definition) is 3. The standard InChI is InChI=1S/C25H31ClN8O2S/c1-14(2)21(27)24(36)34-10-8-33(9-11-34)20-12-19(29-16(4)30-20)31-25-28-13-18(37-25)23(35)32-22-15(3)6-5-7-17(22)26/h5-7,12-14,21H,8-11,27H2,1-4H3,(H,32,35)(H,28,29,30,31). The van der Waals surface area contributed by atoms with E-state index in [0.29, 0.717) is 58.5 Å². The molecule has 2 aromatic heterocycles. The van der Waals surface area contributed by atoms with Crippen LogP contribution >= 0.6 is 22.9 Å². The van der Waals surface area contributed by atoms with Gasteiger partial charge in [-0.05, 0) is 31.4 Å². The summed E-state index contributed by atoms with van der Waals surface area (Å²) in [5.74, 6) is 1.74. The topological polar surface area (TPSA) is 129 Å². The molecule has 12 heteroatoms. The summed E-state index contributed by atoms with van der Waals surface area (Å²) in [6.45, 7) is 10.1. The number of para-hydroxylation sites is 1. The Balaban J connectivity index is 1.41. The molecule has 10 nitrogen and oxygen atoms in total. The van der Waals surface area contributed by atoms with E-state index in [1.807, 2.05) is 50.8 Å². The molecule has 1 aliphatic rings. The first kappa shape index (κ1) is 26.8. The van der Waals surface area contributed by atoms with Gasteiger partial charge in [-0.2, -0.15) is 0 Å². The average molecular weight is 543 g/mol. The van der Waals surface area contributed by atoms with E-state index in [4.69, 9.17) is 17.3 Å². The number of thiazole rings is 1. The van der Waals surface area contributed by atoms with Crippen LogP contribution in [-0.4, -0.2) is 63.9 Å². The number of nitrogens with zero attached hydrogens (tertiary/aromatic N) is 5. The zero-order valence-corrected chi connectivity index (χ0v) is 22.9. The lowest BCUT2D eigenvalue weighted by molar-refractivity contribution is -0.133. The van der Waals surface area contributed by atoms with E-state index in [0.717, 1.165) is 11.4 Å². The van der Waals surface area contributed by atoms with Crippen molar-refractivity contribution in [2.24, 2.45) is 11.7 Å². The molecule has 0 radical (unpaired) electrons. The van der Waals surface area contributed by atoms with Crippen LogP contribution in [0.5, 0.6) is 0 Å². The Hall–Kier alpha value is -3.28. The van der Waals surface area contributed by atoms with E-state index in [2.05, 4.69) is 30.5 Å². The van der Waals surface area contributed by atoms with Crippen LogP contribution in [0.3, 0.4) is 0 Å². The highest BCUT2D eigenvalue weighted by molar-refractivity contribution is 7.17. The molecule has 37 heavy (non-hydrogen) atoms. The minimum atomic E-state index is -0.484. The Kier molecular flexibility index (Phi) is 8.25. The first-order valence-corrected chi connectivity index (χ1v) is 13.3. The fourth-order valence-corrected chi connectivity index (χ4v) is 4.93. The summed E-state index contributed by atoms with van der Waals surface area (Å²) in [5.41, 5.74) is 7.51. The number of benzene rings is 1. The number of carbonyl (C=O) groups excluding carboxylic acids is 2. The second kappa shape index (κ2) is 11.4. The van der Waals surface area contributed by atoms with Crippen LogP contribution < -0.4 is 21.3 Å². The number of rotatable bonds is 7. The Bertz CT molecular complexity index is 1270. The molecule has 4 rings (SSSR count). The van der Waals surface area contributed by atoms with Crippen molar-refractivity contribution in [3.05, 3.63) is 51.7 Å². The van der Waals surface area contributed by atoms with Crippen LogP contribution in [0.15, 0.2) is 30.5 Å². The van der Waals surface area contributed by atoms with E-state index in [1.165, 1.54) is 17.5 Å². The number of nitrogens with one attached hydrogen (secondary N) is 2. The Morgan fingerprint density at radius 2 is 1.86 bits per heavy atom. The van der Waals surface area contributed by atoms with Crippen molar-refractivity contribution in [1.29, 1.82) is 0 Å². The second-order valence-corrected chi connectivity index (χ2v) is 10.7. The molecule has 3 heterocycles. The number of hydrogen-bond acceptors (Lipinski definition) is 9. The lowest BCUT2D eigenvalue weighted by atomic mass is 10.0. The van der Waals surface area contributed by atoms with Gasteiger partial charge in [-0.1, -0.05) is 48.9 Å². The predicted molar refractivity (Wildman–Crippen MR) is 148 cm³/mol. The maximum Gasteiger partial charge on any atom is 0.267 e. The number of halogens is 1. The van der Waals surface area contributed by atoms with E-state index in [9.17, 15) is 9.59 Å².